The lowest BCUT2D eigenvalue weighted by molar-refractivity contribution is -0.116. The number of anilines is 1. The lowest BCUT2D eigenvalue weighted by atomic mass is 10.1. The minimum absolute atomic E-state index is 0.197. The van der Waals surface area contributed by atoms with Gasteiger partial charge in [-0.1, -0.05) is 12.1 Å². The smallest absolute Gasteiger partial charge is 0.245 e. The van der Waals surface area contributed by atoms with E-state index in [9.17, 15) is 9.59 Å². The molecule has 0 saturated carbocycles. The van der Waals surface area contributed by atoms with E-state index in [0.29, 0.717) is 27.5 Å². The maximum absolute atomic E-state index is 12.7. The number of hydrogen-bond donors (Lipinski definition) is 0. The molecule has 1 amide bonds. The van der Waals surface area contributed by atoms with Crippen LogP contribution in [-0.2, 0) is 4.79 Å². The van der Waals surface area contributed by atoms with Crippen molar-refractivity contribution in [1.29, 1.82) is 0 Å². The molecule has 0 bridgehead atoms. The number of nitrogens with zero attached hydrogens (tertiary/aromatic N) is 4. The number of hydrazone groups is 1. The molecule has 1 aromatic heterocycles. The van der Waals surface area contributed by atoms with Gasteiger partial charge >= 0.3 is 0 Å². The number of benzene rings is 2. The third-order valence-corrected chi connectivity index (χ3v) is 6.19. The number of aromatic nitrogens is 2. The van der Waals surface area contributed by atoms with Crippen molar-refractivity contribution in [1.82, 2.24) is 9.55 Å². The first kappa shape index (κ1) is 20.9. The molecule has 1 aliphatic rings. The van der Waals surface area contributed by atoms with Crippen LogP contribution in [0.4, 0.5) is 5.82 Å². The molecule has 31 heavy (non-hydrogen) atoms. The summed E-state index contributed by atoms with van der Waals surface area (Å²) in [5.74, 6) is 1.03. The van der Waals surface area contributed by atoms with E-state index in [4.69, 9.17) is 4.74 Å². The van der Waals surface area contributed by atoms with Gasteiger partial charge in [0.2, 0.25) is 11.8 Å². The minimum atomic E-state index is -0.280. The fourth-order valence-corrected chi connectivity index (χ4v) is 4.39. The molecule has 0 saturated heterocycles. The van der Waals surface area contributed by atoms with Crippen molar-refractivity contribution in [2.24, 2.45) is 5.10 Å². The maximum atomic E-state index is 12.7. The predicted octanol–water partition coefficient (Wildman–Crippen LogP) is 4.66. The molecule has 0 atom stereocenters. The zero-order valence-electron chi connectivity index (χ0n) is 18.0. The SMILES string of the molecule is COc1ccc(-c2nc3c(n2C(C)=O)SC(c2ccc(C)c(C)c2)=NN3C(C)=O)cc1. The van der Waals surface area contributed by atoms with Crippen molar-refractivity contribution in [2.45, 2.75) is 32.7 Å². The van der Waals surface area contributed by atoms with E-state index in [1.54, 1.807) is 19.2 Å². The molecule has 4 rings (SSSR count). The Balaban J connectivity index is 1.87. The van der Waals surface area contributed by atoms with Crippen molar-refractivity contribution < 1.29 is 14.3 Å². The molecule has 0 N–H and O–H groups in total. The number of carbonyl (C=O) groups excluding carboxylic acids is 2. The summed E-state index contributed by atoms with van der Waals surface area (Å²) >= 11 is 1.33. The van der Waals surface area contributed by atoms with E-state index >= 15 is 0 Å². The van der Waals surface area contributed by atoms with E-state index < -0.39 is 0 Å². The third-order valence-electron chi connectivity index (χ3n) is 5.12. The second-order valence-corrected chi connectivity index (χ2v) is 8.26. The van der Waals surface area contributed by atoms with E-state index in [0.717, 1.165) is 16.7 Å². The molecule has 8 heteroatoms. The van der Waals surface area contributed by atoms with E-state index in [1.807, 2.05) is 44.2 Å². The summed E-state index contributed by atoms with van der Waals surface area (Å²) in [6.07, 6.45) is 0. The first-order valence-corrected chi connectivity index (χ1v) is 10.5. The van der Waals surface area contributed by atoms with Gasteiger partial charge in [0.25, 0.3) is 0 Å². The lowest BCUT2D eigenvalue weighted by Crippen LogP contribution is -2.28. The number of hydrogen-bond acceptors (Lipinski definition) is 6. The molecule has 0 aliphatic carbocycles. The molecule has 0 unspecified atom stereocenters. The lowest BCUT2D eigenvalue weighted by Gasteiger charge is -2.22. The number of thioether (sulfide) groups is 1. The predicted molar refractivity (Wildman–Crippen MR) is 122 cm³/mol. The molecule has 7 nitrogen and oxygen atoms in total. The molecule has 2 aromatic carbocycles. The Labute approximate surface area is 184 Å². The Morgan fingerprint density at radius 1 is 0.935 bits per heavy atom. The molecule has 3 aromatic rings. The number of imidazole rings is 1. The zero-order chi connectivity index (χ0) is 22.3. The van der Waals surface area contributed by atoms with Crippen LogP contribution < -0.4 is 9.75 Å². The first-order chi connectivity index (χ1) is 14.8. The molecule has 0 spiro atoms. The monoisotopic (exact) mass is 434 g/mol. The van der Waals surface area contributed by atoms with Crippen LogP contribution in [0.3, 0.4) is 0 Å². The Morgan fingerprint density at radius 3 is 2.19 bits per heavy atom. The Morgan fingerprint density at radius 2 is 1.61 bits per heavy atom. The number of fused-ring (bicyclic) bond motifs is 1. The maximum Gasteiger partial charge on any atom is 0.245 e. The summed E-state index contributed by atoms with van der Waals surface area (Å²) in [7, 11) is 1.59. The fraction of sp³-hybridized carbons (Fsp3) is 0.217. The van der Waals surface area contributed by atoms with E-state index in [-0.39, 0.29) is 11.8 Å². The van der Waals surface area contributed by atoms with Gasteiger partial charge < -0.3 is 4.74 Å². The summed E-state index contributed by atoms with van der Waals surface area (Å²) in [4.78, 5) is 29.7. The van der Waals surface area contributed by atoms with Gasteiger partial charge in [-0.25, -0.2) is 4.98 Å². The van der Waals surface area contributed by atoms with Crippen LogP contribution in [0.5, 0.6) is 5.75 Å². The zero-order valence-corrected chi connectivity index (χ0v) is 18.8. The number of amides is 1. The first-order valence-electron chi connectivity index (χ1n) is 9.73. The van der Waals surface area contributed by atoms with Crippen molar-refractivity contribution in [2.75, 3.05) is 12.1 Å². The van der Waals surface area contributed by atoms with Gasteiger partial charge in [0.1, 0.15) is 21.6 Å². The molecule has 1 aliphatic heterocycles. The van der Waals surface area contributed by atoms with E-state index in [2.05, 4.69) is 10.1 Å². The van der Waals surface area contributed by atoms with Crippen LogP contribution >= 0.6 is 11.8 Å². The van der Waals surface area contributed by atoms with Gasteiger partial charge in [0.15, 0.2) is 5.82 Å². The van der Waals surface area contributed by atoms with Crippen LogP contribution in [0, 0.1) is 13.8 Å². The van der Waals surface area contributed by atoms with E-state index in [1.165, 1.54) is 40.7 Å². The highest BCUT2D eigenvalue weighted by atomic mass is 32.2. The minimum Gasteiger partial charge on any atom is -0.497 e. The van der Waals surface area contributed by atoms with Gasteiger partial charge in [-0.15, -0.1) is 0 Å². The second-order valence-electron chi connectivity index (χ2n) is 7.28. The molecule has 0 fully saturated rings. The number of methoxy groups -OCH3 is 1. The second kappa shape index (κ2) is 8.03. The number of aryl methyl sites for hydroxylation is 2. The third kappa shape index (κ3) is 3.74. The van der Waals surface area contributed by atoms with Gasteiger partial charge in [0, 0.05) is 25.0 Å². The number of ether oxygens (including phenoxy) is 1. The highest BCUT2D eigenvalue weighted by Crippen LogP contribution is 2.41. The topological polar surface area (TPSA) is 76.8 Å². The molecule has 0 radical (unpaired) electrons. The summed E-state index contributed by atoms with van der Waals surface area (Å²) in [6, 6.07) is 13.3. The van der Waals surface area contributed by atoms with Crippen LogP contribution in [0.2, 0.25) is 0 Å². The average molecular weight is 435 g/mol. The standard InChI is InChI=1S/C23H22N4O3S/c1-13-6-7-18(12-14(13)2)22-25-27(16(4)29)21-23(31-22)26(15(3)28)20(24-21)17-8-10-19(30-5)11-9-17/h6-12H,1-5H3. The van der Waals surface area contributed by atoms with Crippen molar-refractivity contribution in [3.63, 3.8) is 0 Å². The van der Waals surface area contributed by atoms with Crippen LogP contribution in [0.1, 0.15) is 35.3 Å². The van der Waals surface area contributed by atoms with Gasteiger partial charge in [-0.05, 0) is 67.1 Å². The summed E-state index contributed by atoms with van der Waals surface area (Å²) in [6.45, 7) is 6.99. The Kier molecular flexibility index (Phi) is 5.41. The fourth-order valence-electron chi connectivity index (χ4n) is 3.31. The highest BCUT2D eigenvalue weighted by Gasteiger charge is 2.32. The van der Waals surface area contributed by atoms with Crippen LogP contribution in [0.15, 0.2) is 52.6 Å². The summed E-state index contributed by atoms with van der Waals surface area (Å²) in [5.41, 5.74) is 3.92. The number of carbonyl (C=O) groups is 2. The van der Waals surface area contributed by atoms with Gasteiger partial charge in [-0.2, -0.15) is 10.1 Å². The summed E-state index contributed by atoms with van der Waals surface area (Å²) in [5, 5.41) is 7.02. The highest BCUT2D eigenvalue weighted by molar-refractivity contribution is 8.14. The summed E-state index contributed by atoms with van der Waals surface area (Å²) < 4.78 is 6.76. The number of rotatable bonds is 3. The average Bonchev–Trinajstić information content (AvgIpc) is 3.14. The van der Waals surface area contributed by atoms with Gasteiger partial charge in [0.05, 0.1) is 7.11 Å². The van der Waals surface area contributed by atoms with Crippen molar-refractivity contribution in [3.05, 3.63) is 59.2 Å². The van der Waals surface area contributed by atoms with Crippen LogP contribution in [-0.4, -0.2) is 33.5 Å². The molecular formula is C23H22N4O3S. The molecular weight excluding hydrogens is 412 g/mol. The van der Waals surface area contributed by atoms with Crippen molar-refractivity contribution >= 4 is 34.4 Å². The largest absolute Gasteiger partial charge is 0.497 e. The Hall–Kier alpha value is -3.39. The quantitative estimate of drug-likeness (QED) is 0.599. The van der Waals surface area contributed by atoms with Crippen molar-refractivity contribution in [3.8, 4) is 17.1 Å². The Bertz CT molecular complexity index is 1230. The normalized spacial score (nSPS) is 12.9. The molecule has 158 valence electrons. The molecule has 2 heterocycles. The van der Waals surface area contributed by atoms with Gasteiger partial charge in [-0.3, -0.25) is 14.2 Å². The van der Waals surface area contributed by atoms with Crippen LogP contribution in [0.25, 0.3) is 11.4 Å².